The molecule has 0 unspecified atom stereocenters. The summed E-state index contributed by atoms with van der Waals surface area (Å²) in [7, 11) is 1.80. The molecule has 0 radical (unpaired) electrons. The van der Waals surface area contributed by atoms with Gasteiger partial charge in [-0.1, -0.05) is 13.8 Å². The van der Waals surface area contributed by atoms with E-state index in [4.69, 9.17) is 4.74 Å². The van der Waals surface area contributed by atoms with Crippen LogP contribution in [-0.2, 0) is 31.7 Å². The molecule has 44 heavy (non-hydrogen) atoms. The summed E-state index contributed by atoms with van der Waals surface area (Å²) >= 11 is 0. The van der Waals surface area contributed by atoms with Gasteiger partial charge in [-0.15, -0.1) is 10.2 Å². The molecule has 13 heteroatoms. The SMILES string of the molecule is CC1CC(c2cc(OCC(F)F)nc(N3Cc4c(cc(CN5CCC[C@H](C)C5)cc4C(F)(F)F)C3=O)c2)(c2nncn2C)C1. The van der Waals surface area contributed by atoms with Crippen molar-refractivity contribution in [3.8, 4) is 5.88 Å². The summed E-state index contributed by atoms with van der Waals surface area (Å²) in [5.74, 6) is 0.688. The van der Waals surface area contributed by atoms with Crippen molar-refractivity contribution in [2.45, 2.75) is 70.6 Å². The molecule has 1 aromatic carbocycles. The number of hydrogen-bond donors (Lipinski definition) is 0. The zero-order chi connectivity index (χ0) is 31.4. The lowest BCUT2D eigenvalue weighted by Crippen LogP contribution is -2.43. The Labute approximate surface area is 252 Å². The molecule has 1 saturated heterocycles. The number of likely N-dealkylation sites (tertiary alicyclic amines) is 1. The van der Waals surface area contributed by atoms with Crippen molar-refractivity contribution >= 4 is 11.7 Å². The standard InChI is InChI=1S/C31H35F5N6O2/c1-18-5-4-6-41(13-18)14-20-7-22-23(24(8-20)31(34,35)36)15-42(28(22)43)26-9-21(10-27(38-26)44-16-25(32)33)30(11-19(2)12-30)29-39-37-17-40(29)3/h7-10,17-19,25H,4-6,11-16H2,1-3H3/t18-,19?,30?/m0/s1. The minimum Gasteiger partial charge on any atom is -0.472 e. The summed E-state index contributed by atoms with van der Waals surface area (Å²) in [6.45, 7) is 4.79. The van der Waals surface area contributed by atoms with E-state index < -0.39 is 36.1 Å². The maximum Gasteiger partial charge on any atom is 0.416 e. The number of halogens is 5. The van der Waals surface area contributed by atoms with Crippen LogP contribution in [0.5, 0.6) is 5.88 Å². The van der Waals surface area contributed by atoms with Gasteiger partial charge in [-0.2, -0.15) is 18.2 Å². The van der Waals surface area contributed by atoms with Crippen LogP contribution in [0.3, 0.4) is 0 Å². The number of piperidine rings is 1. The van der Waals surface area contributed by atoms with E-state index in [1.165, 1.54) is 4.90 Å². The van der Waals surface area contributed by atoms with Crippen molar-refractivity contribution < 1.29 is 31.5 Å². The van der Waals surface area contributed by atoms with Crippen LogP contribution in [0.1, 0.15) is 78.0 Å². The number of anilines is 1. The Morgan fingerprint density at radius 1 is 1.11 bits per heavy atom. The van der Waals surface area contributed by atoms with Gasteiger partial charge in [0.1, 0.15) is 18.0 Å². The van der Waals surface area contributed by atoms with Crippen LogP contribution in [0.2, 0.25) is 0 Å². The molecule has 2 fully saturated rings. The predicted octanol–water partition coefficient (Wildman–Crippen LogP) is 5.98. The number of rotatable bonds is 8. The van der Waals surface area contributed by atoms with E-state index in [-0.39, 0.29) is 29.4 Å². The van der Waals surface area contributed by atoms with Gasteiger partial charge in [-0.3, -0.25) is 14.6 Å². The third-order valence-corrected chi connectivity index (χ3v) is 9.06. The van der Waals surface area contributed by atoms with Crippen molar-refractivity contribution in [2.24, 2.45) is 18.9 Å². The third kappa shape index (κ3) is 5.66. The third-order valence-electron chi connectivity index (χ3n) is 9.06. The van der Waals surface area contributed by atoms with E-state index in [0.717, 1.165) is 32.0 Å². The maximum absolute atomic E-state index is 14.4. The van der Waals surface area contributed by atoms with Gasteiger partial charge in [0, 0.05) is 31.8 Å². The van der Waals surface area contributed by atoms with Crippen LogP contribution in [0.25, 0.3) is 0 Å². The zero-order valence-electron chi connectivity index (χ0n) is 24.9. The lowest BCUT2D eigenvalue weighted by molar-refractivity contribution is -0.138. The summed E-state index contributed by atoms with van der Waals surface area (Å²) in [6, 6.07) is 5.90. The van der Waals surface area contributed by atoms with E-state index in [2.05, 4.69) is 33.9 Å². The number of fused-ring (bicyclic) bond motifs is 1. The molecule has 2 aliphatic heterocycles. The lowest BCUT2D eigenvalue weighted by Gasteiger charge is -2.46. The minimum atomic E-state index is -4.68. The number of benzene rings is 1. The van der Waals surface area contributed by atoms with E-state index in [0.29, 0.717) is 48.2 Å². The second kappa shape index (κ2) is 11.4. The Bertz CT molecular complexity index is 1550. The summed E-state index contributed by atoms with van der Waals surface area (Å²) < 4.78 is 76.6. The molecular weight excluding hydrogens is 583 g/mol. The molecule has 3 aromatic rings. The maximum atomic E-state index is 14.4. The van der Waals surface area contributed by atoms with Crippen LogP contribution in [0.4, 0.5) is 27.8 Å². The predicted molar refractivity (Wildman–Crippen MR) is 152 cm³/mol. The number of carbonyl (C=O) groups is 1. The lowest BCUT2D eigenvalue weighted by atomic mass is 9.58. The highest BCUT2D eigenvalue weighted by Crippen LogP contribution is 2.52. The highest BCUT2D eigenvalue weighted by molar-refractivity contribution is 6.10. The number of aryl methyl sites for hydroxylation is 1. The van der Waals surface area contributed by atoms with Crippen molar-refractivity contribution in [1.82, 2.24) is 24.6 Å². The molecule has 2 aromatic heterocycles. The van der Waals surface area contributed by atoms with Gasteiger partial charge >= 0.3 is 6.18 Å². The number of amides is 1. The van der Waals surface area contributed by atoms with Crippen LogP contribution in [-0.4, -0.2) is 56.7 Å². The first-order valence-electron chi connectivity index (χ1n) is 14.9. The molecule has 8 nitrogen and oxygen atoms in total. The Morgan fingerprint density at radius 3 is 2.52 bits per heavy atom. The van der Waals surface area contributed by atoms with E-state index >= 15 is 0 Å². The fourth-order valence-electron chi connectivity index (χ4n) is 7.21. The molecule has 1 amide bonds. The summed E-state index contributed by atoms with van der Waals surface area (Å²) in [5, 5.41) is 8.34. The van der Waals surface area contributed by atoms with Crippen LogP contribution >= 0.6 is 0 Å². The molecule has 3 aliphatic rings. The van der Waals surface area contributed by atoms with Gasteiger partial charge in [-0.25, -0.2) is 8.78 Å². The highest BCUT2D eigenvalue weighted by Gasteiger charge is 2.49. The van der Waals surface area contributed by atoms with Gasteiger partial charge in [-0.05, 0) is 79.0 Å². The number of carbonyl (C=O) groups excluding carboxylic acids is 1. The van der Waals surface area contributed by atoms with Gasteiger partial charge in [0.05, 0.1) is 17.5 Å². The fourth-order valence-corrected chi connectivity index (χ4v) is 7.21. The van der Waals surface area contributed by atoms with Crippen molar-refractivity contribution in [3.63, 3.8) is 0 Å². The van der Waals surface area contributed by atoms with Gasteiger partial charge in [0.25, 0.3) is 12.3 Å². The molecule has 0 spiro atoms. The van der Waals surface area contributed by atoms with Crippen LogP contribution in [0.15, 0.2) is 30.6 Å². The molecule has 1 saturated carbocycles. The average Bonchev–Trinajstić information content (AvgIpc) is 3.52. The first kappa shape index (κ1) is 30.4. The number of nitrogens with zero attached hydrogens (tertiary/aromatic N) is 6. The largest absolute Gasteiger partial charge is 0.472 e. The van der Waals surface area contributed by atoms with Crippen molar-refractivity contribution in [3.05, 3.63) is 64.2 Å². The first-order chi connectivity index (χ1) is 20.8. The van der Waals surface area contributed by atoms with Gasteiger partial charge < -0.3 is 9.30 Å². The molecular formula is C31H35F5N6O2. The number of aromatic nitrogens is 4. The molecule has 4 heterocycles. The van der Waals surface area contributed by atoms with Gasteiger partial charge in [0.2, 0.25) is 5.88 Å². The second-order valence-electron chi connectivity index (χ2n) is 12.7. The molecule has 1 aliphatic carbocycles. The summed E-state index contributed by atoms with van der Waals surface area (Å²) in [6.07, 6.45) is -2.49. The summed E-state index contributed by atoms with van der Waals surface area (Å²) in [5.41, 5.74) is -0.604. The summed E-state index contributed by atoms with van der Waals surface area (Å²) in [4.78, 5) is 21.5. The Hall–Kier alpha value is -3.61. The highest BCUT2D eigenvalue weighted by atomic mass is 19.4. The normalized spacial score (nSPS) is 24.1. The van der Waals surface area contributed by atoms with E-state index in [1.54, 1.807) is 36.1 Å². The monoisotopic (exact) mass is 618 g/mol. The quantitative estimate of drug-likeness (QED) is 0.289. The van der Waals surface area contributed by atoms with Gasteiger partial charge in [0.15, 0.2) is 6.61 Å². The molecule has 236 valence electrons. The van der Waals surface area contributed by atoms with Crippen molar-refractivity contribution in [1.29, 1.82) is 0 Å². The smallest absolute Gasteiger partial charge is 0.416 e. The van der Waals surface area contributed by atoms with E-state index in [1.807, 2.05) is 0 Å². The number of pyridine rings is 1. The molecule has 6 rings (SSSR count). The molecule has 0 N–H and O–H groups in total. The Balaban J connectivity index is 1.40. The number of alkyl halides is 5. The number of hydrogen-bond acceptors (Lipinski definition) is 6. The topological polar surface area (TPSA) is 76.4 Å². The van der Waals surface area contributed by atoms with E-state index in [9.17, 15) is 26.7 Å². The average molecular weight is 619 g/mol. The van der Waals surface area contributed by atoms with Crippen LogP contribution < -0.4 is 9.64 Å². The zero-order valence-corrected chi connectivity index (χ0v) is 24.9. The Morgan fingerprint density at radius 2 is 1.89 bits per heavy atom. The first-order valence-corrected chi connectivity index (χ1v) is 14.9. The second-order valence-corrected chi connectivity index (χ2v) is 12.7. The fraction of sp³-hybridized carbons (Fsp3) is 0.548. The Kier molecular flexibility index (Phi) is 7.87. The number of ether oxygens (including phenoxy) is 1. The minimum absolute atomic E-state index is 0.0255. The van der Waals surface area contributed by atoms with Crippen molar-refractivity contribution in [2.75, 3.05) is 24.6 Å². The molecule has 0 bridgehead atoms. The van der Waals surface area contributed by atoms with Crippen LogP contribution in [0, 0.1) is 11.8 Å². The molecule has 1 atom stereocenters.